The van der Waals surface area contributed by atoms with Gasteiger partial charge in [-0.1, -0.05) is 6.07 Å². The van der Waals surface area contributed by atoms with Crippen molar-refractivity contribution < 1.29 is 4.74 Å². The van der Waals surface area contributed by atoms with Crippen LogP contribution in [0.5, 0.6) is 5.75 Å². The first-order chi connectivity index (χ1) is 14.1. The van der Waals surface area contributed by atoms with Crippen molar-refractivity contribution in [2.45, 2.75) is 19.9 Å². The van der Waals surface area contributed by atoms with Gasteiger partial charge in [0.15, 0.2) is 11.5 Å². The Labute approximate surface area is 168 Å². The normalized spacial score (nSPS) is 11.1. The molecule has 0 saturated carbocycles. The van der Waals surface area contributed by atoms with Crippen LogP contribution >= 0.6 is 0 Å². The second-order valence-corrected chi connectivity index (χ2v) is 6.67. The van der Waals surface area contributed by atoms with E-state index in [1.165, 1.54) is 0 Å². The fraction of sp³-hybridized carbons (Fsp3) is 0.250. The van der Waals surface area contributed by atoms with Gasteiger partial charge in [-0.2, -0.15) is 4.98 Å². The van der Waals surface area contributed by atoms with Gasteiger partial charge in [-0.25, -0.2) is 19.9 Å². The number of nitrogens with zero attached hydrogens (tertiary/aromatic N) is 6. The van der Waals surface area contributed by atoms with E-state index in [1.807, 2.05) is 30.3 Å². The van der Waals surface area contributed by atoms with Crippen molar-refractivity contribution in [1.82, 2.24) is 29.5 Å². The molecule has 0 atom stereocenters. The lowest BCUT2D eigenvalue weighted by molar-refractivity contribution is 0.415. The van der Waals surface area contributed by atoms with E-state index in [2.05, 4.69) is 44.0 Å². The Balaban J connectivity index is 1.78. The first-order valence-corrected chi connectivity index (χ1v) is 9.26. The van der Waals surface area contributed by atoms with Crippen molar-refractivity contribution in [3.8, 4) is 17.3 Å². The van der Waals surface area contributed by atoms with Gasteiger partial charge in [-0.3, -0.25) is 0 Å². The topological polar surface area (TPSA) is 103 Å². The molecule has 0 aliphatic heterocycles. The summed E-state index contributed by atoms with van der Waals surface area (Å²) in [5.41, 5.74) is 3.00. The van der Waals surface area contributed by atoms with E-state index in [9.17, 15) is 0 Å². The molecule has 29 heavy (non-hydrogen) atoms. The third kappa shape index (κ3) is 3.66. The Morgan fingerprint density at radius 3 is 2.66 bits per heavy atom. The minimum Gasteiger partial charge on any atom is -0.497 e. The molecule has 3 heterocycles. The maximum atomic E-state index is 5.27. The summed E-state index contributed by atoms with van der Waals surface area (Å²) in [6.45, 7) is 4.17. The SMILES string of the molecule is CNc1nccc(-c2nc3cnc(Nc4cccc(OC)c4)nc3n2C(C)C)n1. The van der Waals surface area contributed by atoms with Crippen LogP contribution in [0.25, 0.3) is 22.7 Å². The number of benzene rings is 1. The number of methoxy groups -OCH3 is 1. The number of fused-ring (bicyclic) bond motifs is 1. The van der Waals surface area contributed by atoms with Gasteiger partial charge >= 0.3 is 0 Å². The fourth-order valence-corrected chi connectivity index (χ4v) is 3.05. The molecule has 0 aliphatic carbocycles. The van der Waals surface area contributed by atoms with E-state index >= 15 is 0 Å². The summed E-state index contributed by atoms with van der Waals surface area (Å²) in [5, 5.41) is 6.18. The zero-order valence-corrected chi connectivity index (χ0v) is 16.7. The second kappa shape index (κ2) is 7.70. The van der Waals surface area contributed by atoms with Crippen molar-refractivity contribution in [3.05, 3.63) is 42.7 Å². The number of ether oxygens (including phenoxy) is 1. The molecule has 9 nitrogen and oxygen atoms in total. The van der Waals surface area contributed by atoms with Crippen molar-refractivity contribution in [3.63, 3.8) is 0 Å². The van der Waals surface area contributed by atoms with Crippen LogP contribution < -0.4 is 15.4 Å². The highest BCUT2D eigenvalue weighted by molar-refractivity contribution is 5.77. The van der Waals surface area contributed by atoms with E-state index in [0.717, 1.165) is 28.6 Å². The van der Waals surface area contributed by atoms with Gasteiger partial charge in [0.2, 0.25) is 11.9 Å². The number of aromatic nitrogens is 6. The number of rotatable bonds is 6. The predicted molar refractivity (Wildman–Crippen MR) is 113 cm³/mol. The molecule has 0 spiro atoms. The minimum atomic E-state index is 0.127. The lowest BCUT2D eigenvalue weighted by atomic mass is 10.3. The van der Waals surface area contributed by atoms with Crippen LogP contribution in [0.4, 0.5) is 17.6 Å². The maximum absolute atomic E-state index is 5.27. The Kier molecular flexibility index (Phi) is 4.94. The third-order valence-electron chi connectivity index (χ3n) is 4.38. The zero-order chi connectivity index (χ0) is 20.4. The lowest BCUT2D eigenvalue weighted by Gasteiger charge is -2.13. The van der Waals surface area contributed by atoms with Crippen LogP contribution in [-0.2, 0) is 0 Å². The molecule has 0 unspecified atom stereocenters. The standard InChI is InChI=1S/C20H22N8O/c1-12(2)28-17(15-8-9-22-19(21-3)26-15)25-16-11-23-20(27-18(16)28)24-13-6-5-7-14(10-13)29-4/h5-12H,1-4H3,(H,21,22,26)(H,23,24,27). The lowest BCUT2D eigenvalue weighted by Crippen LogP contribution is -2.07. The van der Waals surface area contributed by atoms with Crippen molar-refractivity contribution in [1.29, 1.82) is 0 Å². The quantitative estimate of drug-likeness (QED) is 0.514. The molecule has 2 N–H and O–H groups in total. The average molecular weight is 390 g/mol. The van der Waals surface area contributed by atoms with Crippen LogP contribution in [0, 0.1) is 0 Å². The summed E-state index contributed by atoms with van der Waals surface area (Å²) >= 11 is 0. The van der Waals surface area contributed by atoms with Crippen LogP contribution in [0.3, 0.4) is 0 Å². The number of hydrogen-bond donors (Lipinski definition) is 2. The summed E-state index contributed by atoms with van der Waals surface area (Å²) in [7, 11) is 3.42. The van der Waals surface area contributed by atoms with E-state index < -0.39 is 0 Å². The molecular weight excluding hydrogens is 368 g/mol. The van der Waals surface area contributed by atoms with Crippen LogP contribution in [-0.4, -0.2) is 43.6 Å². The largest absolute Gasteiger partial charge is 0.497 e. The van der Waals surface area contributed by atoms with Crippen molar-refractivity contribution >= 4 is 28.7 Å². The van der Waals surface area contributed by atoms with E-state index in [-0.39, 0.29) is 6.04 Å². The Morgan fingerprint density at radius 2 is 1.90 bits per heavy atom. The van der Waals surface area contributed by atoms with Gasteiger partial charge in [-0.15, -0.1) is 0 Å². The zero-order valence-electron chi connectivity index (χ0n) is 16.7. The molecule has 1 aromatic carbocycles. The molecule has 4 rings (SSSR count). The molecule has 148 valence electrons. The predicted octanol–water partition coefficient (Wildman–Crippen LogP) is 3.66. The summed E-state index contributed by atoms with van der Waals surface area (Å²) in [4.78, 5) is 22.6. The Morgan fingerprint density at radius 1 is 1.03 bits per heavy atom. The van der Waals surface area contributed by atoms with Crippen LogP contribution in [0.1, 0.15) is 19.9 Å². The first-order valence-electron chi connectivity index (χ1n) is 9.26. The smallest absolute Gasteiger partial charge is 0.229 e. The third-order valence-corrected chi connectivity index (χ3v) is 4.38. The fourth-order valence-electron chi connectivity index (χ4n) is 3.05. The van der Waals surface area contributed by atoms with E-state index in [0.29, 0.717) is 17.4 Å². The van der Waals surface area contributed by atoms with Gasteiger partial charge in [0.1, 0.15) is 17.0 Å². The molecule has 0 aliphatic rings. The molecule has 0 amide bonds. The highest BCUT2D eigenvalue weighted by atomic mass is 16.5. The molecule has 0 radical (unpaired) electrons. The van der Waals surface area contributed by atoms with Crippen LogP contribution in [0.15, 0.2) is 42.7 Å². The van der Waals surface area contributed by atoms with Gasteiger partial charge in [-0.05, 0) is 32.0 Å². The van der Waals surface area contributed by atoms with E-state index in [1.54, 1.807) is 26.6 Å². The molecule has 0 fully saturated rings. The molecule has 4 aromatic rings. The molecule has 9 heteroatoms. The summed E-state index contributed by atoms with van der Waals surface area (Å²) in [6.07, 6.45) is 3.42. The van der Waals surface area contributed by atoms with Crippen LogP contribution in [0.2, 0.25) is 0 Å². The highest BCUT2D eigenvalue weighted by Crippen LogP contribution is 2.27. The summed E-state index contributed by atoms with van der Waals surface area (Å²) in [6, 6.07) is 9.58. The number of anilines is 3. The number of hydrogen-bond acceptors (Lipinski definition) is 8. The van der Waals surface area contributed by atoms with Crippen molar-refractivity contribution in [2.75, 3.05) is 24.8 Å². The monoisotopic (exact) mass is 390 g/mol. The van der Waals surface area contributed by atoms with Gasteiger partial charge in [0.05, 0.1) is 13.3 Å². The Hall–Kier alpha value is -3.75. The molecule has 0 saturated heterocycles. The number of imidazole rings is 1. The Bertz CT molecular complexity index is 1150. The maximum Gasteiger partial charge on any atom is 0.229 e. The minimum absolute atomic E-state index is 0.127. The summed E-state index contributed by atoms with van der Waals surface area (Å²) < 4.78 is 7.32. The summed E-state index contributed by atoms with van der Waals surface area (Å²) in [5.74, 6) is 2.51. The molecule has 0 bridgehead atoms. The van der Waals surface area contributed by atoms with Crippen molar-refractivity contribution in [2.24, 2.45) is 0 Å². The second-order valence-electron chi connectivity index (χ2n) is 6.67. The molecule has 3 aromatic heterocycles. The number of nitrogens with one attached hydrogen (secondary N) is 2. The van der Waals surface area contributed by atoms with Gasteiger partial charge in [0.25, 0.3) is 0 Å². The van der Waals surface area contributed by atoms with Gasteiger partial charge in [0, 0.05) is 31.0 Å². The van der Waals surface area contributed by atoms with Gasteiger partial charge < -0.3 is 19.9 Å². The van der Waals surface area contributed by atoms with E-state index in [4.69, 9.17) is 14.7 Å². The highest BCUT2D eigenvalue weighted by Gasteiger charge is 2.18. The molecular formula is C20H22N8O. The average Bonchev–Trinajstić information content (AvgIpc) is 3.13. The first kappa shape index (κ1) is 18.6.